The van der Waals surface area contributed by atoms with Gasteiger partial charge in [0.1, 0.15) is 0 Å². The van der Waals surface area contributed by atoms with Crippen molar-refractivity contribution >= 4 is 21.4 Å². The van der Waals surface area contributed by atoms with Crippen LogP contribution in [0.1, 0.15) is 37.1 Å². The van der Waals surface area contributed by atoms with E-state index in [1.165, 1.54) is 4.70 Å². The lowest BCUT2D eigenvalue weighted by Gasteiger charge is -2.16. The van der Waals surface area contributed by atoms with Crippen molar-refractivity contribution in [2.45, 2.75) is 38.4 Å². The fraction of sp³-hybridized carbons (Fsp3) is 0.467. The van der Waals surface area contributed by atoms with Crippen LogP contribution in [0.5, 0.6) is 0 Å². The first-order chi connectivity index (χ1) is 9.49. The minimum absolute atomic E-state index is 0.0137. The highest BCUT2D eigenvalue weighted by Crippen LogP contribution is 2.33. The van der Waals surface area contributed by atoms with Crippen LogP contribution in [0.2, 0.25) is 0 Å². The summed E-state index contributed by atoms with van der Waals surface area (Å²) in [5, 5.41) is 4.45. The Morgan fingerprint density at radius 1 is 1.25 bits per heavy atom. The predicted molar refractivity (Wildman–Crippen MR) is 78.1 cm³/mol. The average molecular weight is 301 g/mol. The fourth-order valence-corrected chi connectivity index (χ4v) is 3.45. The van der Waals surface area contributed by atoms with Gasteiger partial charge in [0.2, 0.25) is 0 Å². The molecule has 1 N–H and O–H groups in total. The van der Waals surface area contributed by atoms with Crippen LogP contribution in [0.25, 0.3) is 10.1 Å². The quantitative estimate of drug-likeness (QED) is 0.765. The topological polar surface area (TPSA) is 12.0 Å². The zero-order chi connectivity index (χ0) is 14.6. The van der Waals surface area contributed by atoms with Gasteiger partial charge in [-0.1, -0.05) is 25.1 Å². The maximum atomic E-state index is 12.2. The number of hydrogen-bond acceptors (Lipinski definition) is 2. The second kappa shape index (κ2) is 6.59. The summed E-state index contributed by atoms with van der Waals surface area (Å²) in [4.78, 5) is 1.12. The second-order valence-electron chi connectivity index (χ2n) is 4.80. The van der Waals surface area contributed by atoms with Crippen molar-refractivity contribution in [2.24, 2.45) is 0 Å². The Morgan fingerprint density at radius 3 is 2.65 bits per heavy atom. The third-order valence-electron chi connectivity index (χ3n) is 3.19. The molecule has 0 saturated carbocycles. The lowest BCUT2D eigenvalue weighted by Crippen LogP contribution is -2.20. The van der Waals surface area contributed by atoms with Gasteiger partial charge in [-0.05, 0) is 36.9 Å². The van der Waals surface area contributed by atoms with Crippen LogP contribution in [0.15, 0.2) is 30.3 Å². The average Bonchev–Trinajstić information content (AvgIpc) is 2.80. The van der Waals surface area contributed by atoms with Crippen LogP contribution in [0.3, 0.4) is 0 Å². The number of fused-ring (bicyclic) bond motifs is 1. The molecule has 0 spiro atoms. The lowest BCUT2D eigenvalue weighted by atomic mass is 10.1. The largest absolute Gasteiger partial charge is 0.389 e. The molecule has 110 valence electrons. The summed E-state index contributed by atoms with van der Waals surface area (Å²) in [6, 6.07) is 10.1. The molecule has 0 aliphatic rings. The standard InChI is InChI=1S/C15H18F3NS/c1-2-19-12(7-5-9-15(16,17)18)14-10-11-6-3-4-8-13(11)20-14/h3-4,6,8,10,12,19H,2,5,7,9H2,1H3. The number of halogens is 3. The van der Waals surface area contributed by atoms with E-state index in [4.69, 9.17) is 0 Å². The zero-order valence-corrected chi connectivity index (χ0v) is 12.2. The number of alkyl halides is 3. The number of hydrogen-bond donors (Lipinski definition) is 1. The molecule has 2 rings (SSSR count). The summed E-state index contributed by atoms with van der Waals surface area (Å²) < 4.78 is 37.9. The normalized spacial score (nSPS) is 13.8. The summed E-state index contributed by atoms with van der Waals surface area (Å²) in [6.45, 7) is 2.73. The first-order valence-electron chi connectivity index (χ1n) is 6.78. The maximum Gasteiger partial charge on any atom is 0.389 e. The third kappa shape index (κ3) is 4.21. The molecule has 1 aromatic carbocycles. The monoisotopic (exact) mass is 301 g/mol. The van der Waals surface area contributed by atoms with E-state index in [1.54, 1.807) is 11.3 Å². The van der Waals surface area contributed by atoms with E-state index in [9.17, 15) is 13.2 Å². The van der Waals surface area contributed by atoms with Gasteiger partial charge >= 0.3 is 6.18 Å². The molecule has 5 heteroatoms. The molecule has 0 aliphatic heterocycles. The van der Waals surface area contributed by atoms with Gasteiger partial charge in [0.25, 0.3) is 0 Å². The summed E-state index contributed by atoms with van der Waals surface area (Å²) in [5.41, 5.74) is 0. The summed E-state index contributed by atoms with van der Waals surface area (Å²) in [5.74, 6) is 0. The molecule has 0 bridgehead atoms. The molecule has 2 aromatic rings. The third-order valence-corrected chi connectivity index (χ3v) is 4.42. The van der Waals surface area contributed by atoms with Crippen LogP contribution in [0, 0.1) is 0 Å². The van der Waals surface area contributed by atoms with Gasteiger partial charge in [0.15, 0.2) is 0 Å². The molecule has 0 amide bonds. The predicted octanol–water partition coefficient (Wildman–Crippen LogP) is 5.28. The van der Waals surface area contributed by atoms with Crippen molar-refractivity contribution in [3.63, 3.8) is 0 Å². The number of thiophene rings is 1. The zero-order valence-electron chi connectivity index (χ0n) is 11.3. The Bertz CT molecular complexity index is 514. The fourth-order valence-electron chi connectivity index (χ4n) is 2.27. The van der Waals surface area contributed by atoms with Crippen LogP contribution in [-0.2, 0) is 0 Å². The van der Waals surface area contributed by atoms with Crippen molar-refractivity contribution in [1.29, 1.82) is 0 Å². The summed E-state index contributed by atoms with van der Waals surface area (Å²) in [7, 11) is 0. The Kier molecular flexibility index (Phi) is 5.05. The molecule has 1 heterocycles. The molecule has 20 heavy (non-hydrogen) atoms. The molecule has 0 fully saturated rings. The molecule has 1 unspecified atom stereocenters. The first kappa shape index (κ1) is 15.3. The van der Waals surface area contributed by atoms with Crippen molar-refractivity contribution in [3.8, 4) is 0 Å². The van der Waals surface area contributed by atoms with Gasteiger partial charge in [-0.3, -0.25) is 0 Å². The molecule has 0 saturated heterocycles. The van der Waals surface area contributed by atoms with Crippen molar-refractivity contribution in [1.82, 2.24) is 5.32 Å². The highest BCUT2D eigenvalue weighted by molar-refractivity contribution is 7.19. The van der Waals surface area contributed by atoms with Crippen LogP contribution in [-0.4, -0.2) is 12.7 Å². The van der Waals surface area contributed by atoms with E-state index >= 15 is 0 Å². The number of nitrogens with one attached hydrogen (secondary N) is 1. The molecule has 1 atom stereocenters. The van der Waals surface area contributed by atoms with Gasteiger partial charge in [0, 0.05) is 22.0 Å². The van der Waals surface area contributed by atoms with E-state index < -0.39 is 12.6 Å². The molecule has 1 aromatic heterocycles. The highest BCUT2D eigenvalue weighted by atomic mass is 32.1. The van der Waals surface area contributed by atoms with Crippen molar-refractivity contribution < 1.29 is 13.2 Å². The van der Waals surface area contributed by atoms with Gasteiger partial charge < -0.3 is 5.32 Å². The molecule has 0 aliphatic carbocycles. The first-order valence-corrected chi connectivity index (χ1v) is 7.60. The molecular formula is C15H18F3NS. The van der Waals surface area contributed by atoms with Crippen LogP contribution in [0.4, 0.5) is 13.2 Å². The smallest absolute Gasteiger partial charge is 0.310 e. The van der Waals surface area contributed by atoms with Gasteiger partial charge in [0.05, 0.1) is 0 Å². The van der Waals surface area contributed by atoms with Crippen molar-refractivity contribution in [2.75, 3.05) is 6.54 Å². The molecular weight excluding hydrogens is 283 g/mol. The Balaban J connectivity index is 2.07. The Labute approximate surface area is 120 Å². The van der Waals surface area contributed by atoms with Crippen LogP contribution >= 0.6 is 11.3 Å². The van der Waals surface area contributed by atoms with E-state index in [0.29, 0.717) is 6.42 Å². The summed E-state index contributed by atoms with van der Waals surface area (Å²) >= 11 is 1.66. The maximum absolute atomic E-state index is 12.2. The second-order valence-corrected chi connectivity index (χ2v) is 5.92. The molecule has 1 nitrogen and oxygen atoms in total. The van der Waals surface area contributed by atoms with E-state index in [-0.39, 0.29) is 12.5 Å². The van der Waals surface area contributed by atoms with Crippen molar-refractivity contribution in [3.05, 3.63) is 35.2 Å². The van der Waals surface area contributed by atoms with Gasteiger partial charge in [-0.25, -0.2) is 0 Å². The minimum Gasteiger partial charge on any atom is -0.310 e. The van der Waals surface area contributed by atoms with E-state index in [2.05, 4.69) is 11.4 Å². The Morgan fingerprint density at radius 2 is 2.00 bits per heavy atom. The van der Waals surface area contributed by atoms with Gasteiger partial charge in [-0.2, -0.15) is 13.2 Å². The van der Waals surface area contributed by atoms with Gasteiger partial charge in [-0.15, -0.1) is 11.3 Å². The lowest BCUT2D eigenvalue weighted by molar-refractivity contribution is -0.135. The SMILES string of the molecule is CCNC(CCCC(F)(F)F)c1cc2ccccc2s1. The Hall–Kier alpha value is -1.07. The number of rotatable bonds is 6. The summed E-state index contributed by atoms with van der Waals surface area (Å²) in [6.07, 6.45) is -4.09. The highest BCUT2D eigenvalue weighted by Gasteiger charge is 2.27. The number of benzene rings is 1. The van der Waals surface area contributed by atoms with E-state index in [1.807, 2.05) is 31.2 Å². The van der Waals surface area contributed by atoms with Crippen LogP contribution < -0.4 is 5.32 Å². The minimum atomic E-state index is -4.06. The van der Waals surface area contributed by atoms with E-state index in [0.717, 1.165) is 16.8 Å². The molecule has 0 radical (unpaired) electrons.